The highest BCUT2D eigenvalue weighted by Crippen LogP contribution is 2.58. The van der Waals surface area contributed by atoms with Gasteiger partial charge >= 0.3 is 5.97 Å². The summed E-state index contributed by atoms with van der Waals surface area (Å²) in [5.74, 6) is -2.75. The molecule has 0 bridgehead atoms. The van der Waals surface area contributed by atoms with Gasteiger partial charge < -0.3 is 24.4 Å². The second-order valence-electron chi connectivity index (χ2n) is 11.9. The second-order valence-corrected chi connectivity index (χ2v) is 11.9. The Balaban J connectivity index is 1.48. The molecule has 3 fully saturated rings. The number of carbonyl (C=O) groups excluding carboxylic acids is 3. The van der Waals surface area contributed by atoms with Crippen LogP contribution in [0.2, 0.25) is 0 Å². The van der Waals surface area contributed by atoms with Crippen molar-refractivity contribution in [1.29, 1.82) is 0 Å². The summed E-state index contributed by atoms with van der Waals surface area (Å²) in [7, 11) is 0. The van der Waals surface area contributed by atoms with Gasteiger partial charge in [-0.15, -0.1) is 0 Å². The first-order valence-corrected chi connectivity index (χ1v) is 15.0. The third-order valence-electron chi connectivity index (χ3n) is 9.81. The topological polar surface area (TPSA) is 96.4 Å². The predicted molar refractivity (Wildman–Crippen MR) is 148 cm³/mol. The highest BCUT2D eigenvalue weighted by molar-refractivity contribution is 5.99. The van der Waals surface area contributed by atoms with Gasteiger partial charge in [-0.25, -0.2) is 0 Å². The van der Waals surface area contributed by atoms with Gasteiger partial charge in [-0.1, -0.05) is 80.8 Å². The van der Waals surface area contributed by atoms with E-state index >= 15 is 0 Å². The van der Waals surface area contributed by atoms with Crippen molar-refractivity contribution < 1.29 is 29.0 Å². The number of carbonyl (C=O) groups is 3. The van der Waals surface area contributed by atoms with Gasteiger partial charge in [-0.2, -0.15) is 0 Å². The number of cyclic esters (lactones) is 1. The van der Waals surface area contributed by atoms with Gasteiger partial charge in [0.05, 0.1) is 25.2 Å². The fourth-order valence-corrected chi connectivity index (χ4v) is 7.94. The summed E-state index contributed by atoms with van der Waals surface area (Å²) in [6.07, 6.45) is 14.3. The number of aliphatic hydroxyl groups excluding tert-OH is 1. The van der Waals surface area contributed by atoms with E-state index in [2.05, 4.69) is 0 Å². The van der Waals surface area contributed by atoms with Gasteiger partial charge in [0.2, 0.25) is 11.8 Å². The molecule has 1 unspecified atom stereocenters. The largest absolute Gasteiger partial charge is 0.465 e. The minimum atomic E-state index is -1.34. The Labute approximate surface area is 236 Å². The average molecular weight is 549 g/mol. The van der Waals surface area contributed by atoms with Crippen molar-refractivity contribution >= 4 is 17.8 Å². The van der Waals surface area contributed by atoms with Crippen LogP contribution in [0.1, 0.15) is 57.4 Å². The van der Waals surface area contributed by atoms with Crippen molar-refractivity contribution in [1.82, 2.24) is 9.80 Å². The molecule has 2 amide bonds. The Hall–Kier alpha value is -2.97. The fraction of sp³-hybridized carbons (Fsp3) is 0.594. The van der Waals surface area contributed by atoms with Crippen molar-refractivity contribution in [2.75, 3.05) is 19.8 Å². The zero-order valence-electron chi connectivity index (χ0n) is 23.2. The molecule has 6 rings (SSSR count). The molecular weight excluding hydrogens is 508 g/mol. The molecule has 1 aromatic carbocycles. The zero-order chi connectivity index (χ0) is 27.9. The van der Waals surface area contributed by atoms with Crippen molar-refractivity contribution in [3.8, 4) is 0 Å². The molecule has 8 heteroatoms. The number of hydrogen-bond acceptors (Lipinski definition) is 6. The monoisotopic (exact) mass is 548 g/mol. The second kappa shape index (κ2) is 10.8. The van der Waals surface area contributed by atoms with Gasteiger partial charge in [0.15, 0.2) is 0 Å². The van der Waals surface area contributed by atoms with E-state index in [1.54, 1.807) is 4.90 Å². The molecule has 40 heavy (non-hydrogen) atoms. The summed E-state index contributed by atoms with van der Waals surface area (Å²) in [6, 6.07) is 8.15. The van der Waals surface area contributed by atoms with Gasteiger partial charge in [-0.05, 0) is 37.7 Å². The van der Waals surface area contributed by atoms with E-state index in [1.165, 1.54) is 0 Å². The quantitative estimate of drug-likeness (QED) is 0.433. The molecule has 1 spiro atoms. The van der Waals surface area contributed by atoms with Gasteiger partial charge in [0, 0.05) is 12.6 Å². The van der Waals surface area contributed by atoms with Crippen LogP contribution in [0.5, 0.6) is 0 Å². The zero-order valence-corrected chi connectivity index (χ0v) is 23.2. The van der Waals surface area contributed by atoms with Crippen LogP contribution in [0.25, 0.3) is 0 Å². The van der Waals surface area contributed by atoms with Crippen molar-refractivity contribution in [3.05, 3.63) is 60.2 Å². The molecule has 8 nitrogen and oxygen atoms in total. The minimum Gasteiger partial charge on any atom is -0.465 e. The molecule has 1 N–H and O–H groups in total. The van der Waals surface area contributed by atoms with Crippen LogP contribution in [0.15, 0.2) is 54.6 Å². The Morgan fingerprint density at radius 2 is 1.77 bits per heavy atom. The molecule has 214 valence electrons. The highest BCUT2D eigenvalue weighted by Gasteiger charge is 2.76. The summed E-state index contributed by atoms with van der Waals surface area (Å²) in [4.78, 5) is 46.4. The third kappa shape index (κ3) is 4.22. The Kier molecular flexibility index (Phi) is 7.34. The highest BCUT2D eigenvalue weighted by atomic mass is 16.6. The first-order chi connectivity index (χ1) is 19.5. The third-order valence-corrected chi connectivity index (χ3v) is 9.81. The maximum absolute atomic E-state index is 14.7. The Morgan fingerprint density at radius 1 is 1.00 bits per heavy atom. The molecule has 1 aromatic rings. The lowest BCUT2D eigenvalue weighted by atomic mass is 9.73. The van der Waals surface area contributed by atoms with Crippen LogP contribution < -0.4 is 0 Å². The normalized spacial score (nSPS) is 35.0. The van der Waals surface area contributed by atoms with E-state index in [0.717, 1.165) is 37.7 Å². The molecule has 4 heterocycles. The lowest BCUT2D eigenvalue weighted by Crippen LogP contribution is -2.60. The summed E-state index contributed by atoms with van der Waals surface area (Å²) in [5, 5.41) is 10.7. The number of rotatable bonds is 6. The van der Waals surface area contributed by atoms with Gasteiger partial charge in [0.25, 0.3) is 0 Å². The standard InChI is InChI=1S/C32H40N2O6/c1-2-31-16-9-10-19-39-30(38)26(31)25-28(36)34(24(21-35)20-22-12-5-3-6-13-22)27-29(37)33(23-14-7-4-8-15-23)18-11-17-32(25,27)40-31/h3,5-6,9,11-13,16-17,23-27,35H,2,4,7-8,10,14-15,18-21H2,1H3/t24-,25+,26-,27?,31+,32+/m1/s1. The molecule has 1 saturated carbocycles. The molecule has 0 radical (unpaired) electrons. The van der Waals surface area contributed by atoms with Crippen molar-refractivity contribution in [3.63, 3.8) is 0 Å². The van der Waals surface area contributed by atoms with Crippen molar-refractivity contribution in [2.24, 2.45) is 11.8 Å². The number of esters is 1. The first-order valence-electron chi connectivity index (χ1n) is 15.0. The SMILES string of the molecule is CC[C@]12C=CCCOC(=O)[C@H]1[C@H]1C(=O)N([C@@H](CO)Cc3ccccc3)C3C(=O)N(C4CCCCC4)CC=C[C@@]31O2. The first kappa shape index (κ1) is 27.2. The average Bonchev–Trinajstić information content (AvgIpc) is 3.33. The number of fused-ring (bicyclic) bond motifs is 2. The fourth-order valence-electron chi connectivity index (χ4n) is 7.94. The number of ether oxygens (including phenoxy) is 2. The Morgan fingerprint density at radius 3 is 2.50 bits per heavy atom. The van der Waals surface area contributed by atoms with Gasteiger partial charge in [0.1, 0.15) is 23.2 Å². The summed E-state index contributed by atoms with van der Waals surface area (Å²) in [6.45, 7) is 2.31. The molecular formula is C32H40N2O6. The molecule has 5 aliphatic rings. The van der Waals surface area contributed by atoms with E-state index in [0.29, 0.717) is 25.8 Å². The number of aliphatic hydroxyl groups is 1. The Bertz CT molecular complexity index is 1190. The predicted octanol–water partition coefficient (Wildman–Crippen LogP) is 3.19. The van der Waals surface area contributed by atoms with Crippen LogP contribution in [0.4, 0.5) is 0 Å². The number of hydrogen-bond donors (Lipinski definition) is 1. The number of benzene rings is 1. The van der Waals surface area contributed by atoms with E-state index < -0.39 is 41.1 Å². The van der Waals surface area contributed by atoms with Crippen LogP contribution in [0.3, 0.4) is 0 Å². The van der Waals surface area contributed by atoms with Crippen LogP contribution in [0, 0.1) is 11.8 Å². The smallest absolute Gasteiger partial charge is 0.313 e. The molecule has 1 aliphatic carbocycles. The number of amides is 2. The van der Waals surface area contributed by atoms with E-state index in [4.69, 9.17) is 9.47 Å². The van der Waals surface area contributed by atoms with E-state index in [1.807, 2.05) is 66.5 Å². The molecule has 6 atom stereocenters. The molecule has 4 aliphatic heterocycles. The van der Waals surface area contributed by atoms with Crippen LogP contribution in [-0.2, 0) is 30.3 Å². The minimum absolute atomic E-state index is 0.0961. The lowest BCUT2D eigenvalue weighted by Gasteiger charge is -2.42. The van der Waals surface area contributed by atoms with E-state index in [-0.39, 0.29) is 31.1 Å². The van der Waals surface area contributed by atoms with Crippen molar-refractivity contribution in [2.45, 2.75) is 87.6 Å². The molecule has 0 aromatic heterocycles. The number of nitrogens with zero attached hydrogens (tertiary/aromatic N) is 2. The lowest BCUT2D eigenvalue weighted by molar-refractivity contribution is -0.164. The van der Waals surface area contributed by atoms with Crippen LogP contribution >= 0.6 is 0 Å². The van der Waals surface area contributed by atoms with Gasteiger partial charge in [-0.3, -0.25) is 14.4 Å². The summed E-state index contributed by atoms with van der Waals surface area (Å²) >= 11 is 0. The maximum atomic E-state index is 14.7. The number of likely N-dealkylation sites (tertiary alicyclic amines) is 1. The van der Waals surface area contributed by atoms with E-state index in [9.17, 15) is 19.5 Å². The molecule has 2 saturated heterocycles. The summed E-state index contributed by atoms with van der Waals surface area (Å²) in [5.41, 5.74) is -1.44. The maximum Gasteiger partial charge on any atom is 0.313 e. The summed E-state index contributed by atoms with van der Waals surface area (Å²) < 4.78 is 12.6. The van der Waals surface area contributed by atoms with Crippen LogP contribution in [-0.4, -0.2) is 81.8 Å².